The van der Waals surface area contributed by atoms with E-state index in [4.69, 9.17) is 9.47 Å². The highest BCUT2D eigenvalue weighted by Crippen LogP contribution is 2.42. The van der Waals surface area contributed by atoms with Crippen LogP contribution in [-0.2, 0) is 20.1 Å². The van der Waals surface area contributed by atoms with Crippen molar-refractivity contribution in [1.29, 1.82) is 0 Å². The van der Waals surface area contributed by atoms with Crippen molar-refractivity contribution in [2.45, 2.75) is 5.79 Å². The Hall–Kier alpha value is -2.59. The maximum absolute atomic E-state index is 12.4. The van der Waals surface area contributed by atoms with Gasteiger partial charge in [0.05, 0.1) is 5.56 Å². The number of hydrogen-bond donors (Lipinski definition) is 1. The summed E-state index contributed by atoms with van der Waals surface area (Å²) in [7, 11) is 1.38. The number of para-hydroxylation sites is 1. The molecule has 3 rings (SSSR count). The van der Waals surface area contributed by atoms with Crippen LogP contribution in [0.25, 0.3) is 5.76 Å². The lowest BCUT2D eigenvalue weighted by Gasteiger charge is -2.27. The molecular formula is C17H14O4. The minimum absolute atomic E-state index is 0.0459. The van der Waals surface area contributed by atoms with Gasteiger partial charge in [0.25, 0.3) is 0 Å². The fourth-order valence-corrected chi connectivity index (χ4v) is 2.39. The molecule has 0 aromatic heterocycles. The molecule has 1 aliphatic rings. The van der Waals surface area contributed by atoms with Gasteiger partial charge in [0, 0.05) is 18.7 Å². The highest BCUT2D eigenvalue weighted by molar-refractivity contribution is 6.05. The summed E-state index contributed by atoms with van der Waals surface area (Å²) in [5, 5.41) is 10.0. The predicted molar refractivity (Wildman–Crippen MR) is 77.3 cm³/mol. The van der Waals surface area contributed by atoms with E-state index in [1.54, 1.807) is 18.2 Å². The molecule has 0 saturated carbocycles. The molecule has 0 spiro atoms. The van der Waals surface area contributed by atoms with E-state index in [0.717, 1.165) is 5.56 Å². The van der Waals surface area contributed by atoms with E-state index in [1.807, 2.05) is 30.3 Å². The molecule has 0 radical (unpaired) electrons. The van der Waals surface area contributed by atoms with Crippen LogP contribution < -0.4 is 0 Å². The Morgan fingerprint density at radius 2 is 1.71 bits per heavy atom. The molecule has 2 aromatic carbocycles. The van der Waals surface area contributed by atoms with Crippen LogP contribution >= 0.6 is 0 Å². The van der Waals surface area contributed by atoms with Crippen LogP contribution in [0.5, 0.6) is 5.75 Å². The van der Waals surface area contributed by atoms with Crippen molar-refractivity contribution in [2.75, 3.05) is 7.11 Å². The summed E-state index contributed by atoms with van der Waals surface area (Å²) in [6.07, 6.45) is 1.39. The molecule has 1 atom stereocenters. The van der Waals surface area contributed by atoms with E-state index in [1.165, 1.54) is 19.3 Å². The second-order valence-corrected chi connectivity index (χ2v) is 4.68. The third-order valence-corrected chi connectivity index (χ3v) is 3.44. The maximum Gasteiger partial charge on any atom is 0.305 e. The van der Waals surface area contributed by atoms with Gasteiger partial charge >= 0.3 is 5.79 Å². The second-order valence-electron chi connectivity index (χ2n) is 4.68. The van der Waals surface area contributed by atoms with Crippen molar-refractivity contribution in [2.24, 2.45) is 0 Å². The van der Waals surface area contributed by atoms with Gasteiger partial charge < -0.3 is 14.6 Å². The Morgan fingerprint density at radius 3 is 2.38 bits per heavy atom. The van der Waals surface area contributed by atoms with Gasteiger partial charge in [-0.25, -0.2) is 0 Å². The van der Waals surface area contributed by atoms with Crippen LogP contribution in [0.4, 0.5) is 0 Å². The first kappa shape index (κ1) is 13.4. The van der Waals surface area contributed by atoms with Crippen molar-refractivity contribution < 1.29 is 19.4 Å². The van der Waals surface area contributed by atoms with Crippen molar-refractivity contribution in [3.63, 3.8) is 0 Å². The quantitative estimate of drug-likeness (QED) is 0.940. The summed E-state index contributed by atoms with van der Waals surface area (Å²) >= 11 is 0. The zero-order valence-electron chi connectivity index (χ0n) is 11.4. The third-order valence-electron chi connectivity index (χ3n) is 3.44. The molecule has 106 valence electrons. The molecule has 2 aromatic rings. The molecule has 0 aliphatic carbocycles. The average molecular weight is 282 g/mol. The van der Waals surface area contributed by atoms with Crippen molar-refractivity contribution in [3.05, 3.63) is 71.8 Å². The summed E-state index contributed by atoms with van der Waals surface area (Å²) in [5.74, 6) is -1.61. The zero-order valence-corrected chi connectivity index (χ0v) is 11.4. The number of methoxy groups -OCH3 is 1. The standard InChI is InChI=1S/C17H14O4/c1-20-17(13-9-5-6-10-14(13)18)16(19)11-15(21-17)12-7-3-2-4-8-12/h2-11,18H,1H3. The monoisotopic (exact) mass is 282 g/mol. The molecule has 21 heavy (non-hydrogen) atoms. The number of phenolic OH excluding ortho intramolecular Hbond substituents is 1. The van der Waals surface area contributed by atoms with Crippen molar-refractivity contribution in [1.82, 2.24) is 0 Å². The molecule has 4 heteroatoms. The lowest BCUT2D eigenvalue weighted by Crippen LogP contribution is -2.35. The summed E-state index contributed by atoms with van der Waals surface area (Å²) in [6, 6.07) is 15.8. The Kier molecular flexibility index (Phi) is 3.23. The van der Waals surface area contributed by atoms with Gasteiger partial charge in [-0.05, 0) is 12.1 Å². The third kappa shape index (κ3) is 2.10. The number of hydrogen-bond acceptors (Lipinski definition) is 4. The van der Waals surface area contributed by atoms with Gasteiger partial charge in [0.1, 0.15) is 11.5 Å². The van der Waals surface area contributed by atoms with Crippen molar-refractivity contribution in [3.8, 4) is 5.75 Å². The zero-order chi connectivity index (χ0) is 14.9. The van der Waals surface area contributed by atoms with Gasteiger partial charge in [0.15, 0.2) is 0 Å². The number of carbonyl (C=O) groups is 1. The Bertz CT molecular complexity index is 706. The number of aromatic hydroxyl groups is 1. The molecule has 0 fully saturated rings. The smallest absolute Gasteiger partial charge is 0.305 e. The molecular weight excluding hydrogens is 268 g/mol. The molecule has 1 unspecified atom stereocenters. The second kappa shape index (κ2) is 5.07. The number of carbonyl (C=O) groups excluding carboxylic acids is 1. The molecule has 1 aliphatic heterocycles. The van der Waals surface area contributed by atoms with Gasteiger partial charge in [-0.2, -0.15) is 0 Å². The van der Waals surface area contributed by atoms with Crippen LogP contribution in [0.3, 0.4) is 0 Å². The summed E-state index contributed by atoms with van der Waals surface area (Å²) in [4.78, 5) is 12.4. The minimum Gasteiger partial charge on any atom is -0.507 e. The highest BCUT2D eigenvalue weighted by atomic mass is 16.7. The number of phenols is 1. The SMILES string of the molecule is COC1(c2ccccc2O)OC(c2ccccc2)=CC1=O. The summed E-state index contributed by atoms with van der Waals surface area (Å²) in [6.45, 7) is 0. The Balaban J connectivity index is 2.04. The van der Waals surface area contributed by atoms with Crippen LogP contribution in [-0.4, -0.2) is 18.0 Å². The first-order valence-electron chi connectivity index (χ1n) is 6.51. The maximum atomic E-state index is 12.4. The van der Waals surface area contributed by atoms with Crippen LogP contribution in [0, 0.1) is 0 Å². The van der Waals surface area contributed by atoms with Gasteiger partial charge in [-0.1, -0.05) is 42.5 Å². The fourth-order valence-electron chi connectivity index (χ4n) is 2.39. The number of ether oxygens (including phenoxy) is 2. The molecule has 0 bridgehead atoms. The van der Waals surface area contributed by atoms with Crippen LogP contribution in [0.1, 0.15) is 11.1 Å². The van der Waals surface area contributed by atoms with E-state index in [2.05, 4.69) is 0 Å². The summed E-state index contributed by atoms with van der Waals surface area (Å²) < 4.78 is 11.1. The molecule has 0 saturated heterocycles. The normalized spacial score (nSPS) is 21.0. The topological polar surface area (TPSA) is 55.8 Å². The van der Waals surface area contributed by atoms with E-state index in [0.29, 0.717) is 11.3 Å². The molecule has 0 amide bonds. The van der Waals surface area contributed by atoms with Gasteiger partial charge in [0.2, 0.25) is 5.78 Å². The van der Waals surface area contributed by atoms with E-state index >= 15 is 0 Å². The predicted octanol–water partition coefficient (Wildman–Crippen LogP) is 2.83. The van der Waals surface area contributed by atoms with Crippen LogP contribution in [0.15, 0.2) is 60.7 Å². The van der Waals surface area contributed by atoms with Gasteiger partial charge in [-0.15, -0.1) is 0 Å². The number of ketones is 1. The van der Waals surface area contributed by atoms with E-state index in [9.17, 15) is 9.90 Å². The Labute approximate surface area is 122 Å². The van der Waals surface area contributed by atoms with Crippen LogP contribution in [0.2, 0.25) is 0 Å². The fraction of sp³-hybridized carbons (Fsp3) is 0.118. The minimum atomic E-state index is -1.63. The van der Waals surface area contributed by atoms with Crippen molar-refractivity contribution >= 4 is 11.5 Å². The number of benzene rings is 2. The molecule has 1 N–H and O–H groups in total. The van der Waals surface area contributed by atoms with Gasteiger partial charge in [-0.3, -0.25) is 4.79 Å². The van der Waals surface area contributed by atoms with E-state index < -0.39 is 5.79 Å². The highest BCUT2D eigenvalue weighted by Gasteiger charge is 2.49. The molecule has 4 nitrogen and oxygen atoms in total. The average Bonchev–Trinajstić information content (AvgIpc) is 2.86. The first-order valence-corrected chi connectivity index (χ1v) is 6.51. The lowest BCUT2D eigenvalue weighted by atomic mass is 10.0. The summed E-state index contributed by atoms with van der Waals surface area (Å²) in [5.41, 5.74) is 1.07. The molecule has 1 heterocycles. The largest absolute Gasteiger partial charge is 0.507 e. The van der Waals surface area contributed by atoms with E-state index in [-0.39, 0.29) is 11.5 Å². The Morgan fingerprint density at radius 1 is 1.05 bits per heavy atom. The number of rotatable bonds is 3. The first-order chi connectivity index (χ1) is 10.2. The lowest BCUT2D eigenvalue weighted by molar-refractivity contribution is -0.186.